The van der Waals surface area contributed by atoms with E-state index in [1.165, 1.54) is 0 Å². The minimum Gasteiger partial charge on any atom is -0.481 e. The number of carbonyl (C=O) groups is 4. The van der Waals surface area contributed by atoms with E-state index in [0.29, 0.717) is 0 Å². The molecule has 0 radical (unpaired) electrons. The van der Waals surface area contributed by atoms with Crippen LogP contribution in [0.5, 0.6) is 0 Å². The molecule has 32 heteroatoms. The zero-order valence-electron chi connectivity index (χ0n) is 40.7. The molecular weight excluding hydrogens is 1020 g/mol. The first-order valence-corrected chi connectivity index (χ1v) is 24.4. The van der Waals surface area contributed by atoms with Gasteiger partial charge in [0.15, 0.2) is 25.2 Å². The maximum atomic E-state index is 14.6. The molecule has 18 N–H and O–H groups in total. The molecule has 3 amide bonds. The number of aliphatic hydroxyl groups excluding tert-OH is 16. The largest absolute Gasteiger partial charge is 0.481 e. The van der Waals surface area contributed by atoms with E-state index < -0.39 is 231 Å². The Morgan fingerprint density at radius 1 is 0.427 bits per heavy atom. The van der Waals surface area contributed by atoms with Gasteiger partial charge in [0.1, 0.15) is 104 Å². The number of carbonyl (C=O) groups excluding carboxylic acids is 3. The molecule has 4 aliphatic rings. The molecule has 4 aliphatic heterocycles. The lowest BCUT2D eigenvalue weighted by Gasteiger charge is -2.40. The van der Waals surface area contributed by atoms with Crippen LogP contribution in [0.2, 0.25) is 0 Å². The van der Waals surface area contributed by atoms with Crippen molar-refractivity contribution in [3.63, 3.8) is 0 Å². The molecule has 75 heavy (non-hydrogen) atoms. The van der Waals surface area contributed by atoms with Gasteiger partial charge in [-0.2, -0.15) is 0 Å². The molecular formula is C43H75N3O29. The zero-order valence-corrected chi connectivity index (χ0v) is 40.7. The summed E-state index contributed by atoms with van der Waals surface area (Å²) in [6.07, 6.45) is -35.1. The highest BCUT2D eigenvalue weighted by atomic mass is 16.7. The number of unbranched alkanes of at least 4 members (excludes halogenated alkanes) is 1. The van der Waals surface area contributed by atoms with Gasteiger partial charge in [-0.05, 0) is 19.3 Å². The molecule has 32 nitrogen and oxygen atoms in total. The van der Waals surface area contributed by atoms with Crippen LogP contribution in [0, 0.1) is 0 Å². The second-order valence-electron chi connectivity index (χ2n) is 18.2. The second kappa shape index (κ2) is 31.5. The van der Waals surface area contributed by atoms with E-state index in [0.717, 1.165) is 9.80 Å². The summed E-state index contributed by atoms with van der Waals surface area (Å²) in [4.78, 5) is 55.4. The molecule has 436 valence electrons. The third kappa shape index (κ3) is 18.0. The first-order valence-electron chi connectivity index (χ1n) is 24.4. The van der Waals surface area contributed by atoms with Gasteiger partial charge >= 0.3 is 5.97 Å². The third-order valence-corrected chi connectivity index (χ3v) is 13.0. The molecule has 0 bridgehead atoms. The minimum absolute atomic E-state index is 0.0538. The Kier molecular flexibility index (Phi) is 27.1. The predicted molar refractivity (Wildman–Crippen MR) is 239 cm³/mol. The van der Waals surface area contributed by atoms with Gasteiger partial charge in [-0.25, -0.2) is 0 Å². The maximum Gasteiger partial charge on any atom is 0.303 e. The van der Waals surface area contributed by atoms with Gasteiger partial charge in [-0.15, -0.1) is 0 Å². The molecule has 0 unspecified atom stereocenters. The first kappa shape index (κ1) is 64.4. The highest BCUT2D eigenvalue weighted by Crippen LogP contribution is 2.26. The van der Waals surface area contributed by atoms with Crippen molar-refractivity contribution in [1.29, 1.82) is 0 Å². The molecule has 0 aromatic rings. The van der Waals surface area contributed by atoms with Gasteiger partial charge in [-0.1, -0.05) is 0 Å². The normalized spacial score (nSPS) is 36.6. The van der Waals surface area contributed by atoms with E-state index in [4.69, 9.17) is 43.0 Å². The Morgan fingerprint density at radius 3 is 1.04 bits per heavy atom. The van der Waals surface area contributed by atoms with E-state index >= 15 is 0 Å². The van der Waals surface area contributed by atoms with Crippen LogP contribution in [0.25, 0.3) is 0 Å². The van der Waals surface area contributed by atoms with Crippen molar-refractivity contribution in [1.82, 2.24) is 15.1 Å². The Balaban J connectivity index is 1.57. The Labute approximate surface area is 428 Å². The van der Waals surface area contributed by atoms with Crippen molar-refractivity contribution >= 4 is 23.7 Å². The van der Waals surface area contributed by atoms with Crippen molar-refractivity contribution in [2.45, 2.75) is 167 Å². The van der Waals surface area contributed by atoms with Gasteiger partial charge in [0.25, 0.3) is 0 Å². The lowest BCUT2D eigenvalue weighted by atomic mass is 9.99. The summed E-state index contributed by atoms with van der Waals surface area (Å²) in [5, 5.41) is 174. The van der Waals surface area contributed by atoms with Crippen LogP contribution >= 0.6 is 0 Å². The van der Waals surface area contributed by atoms with E-state index in [2.05, 4.69) is 5.32 Å². The topological polar surface area (TPSA) is 505 Å². The lowest BCUT2D eigenvalue weighted by molar-refractivity contribution is -0.303. The van der Waals surface area contributed by atoms with Crippen LogP contribution in [0.4, 0.5) is 0 Å². The Hall–Kier alpha value is -3.08. The van der Waals surface area contributed by atoms with Crippen molar-refractivity contribution < 1.29 is 144 Å². The molecule has 0 spiro atoms. The number of carboxylic acid groups (broad SMARTS) is 1. The summed E-state index contributed by atoms with van der Waals surface area (Å²) in [7, 11) is 0. The van der Waals surface area contributed by atoms with Crippen LogP contribution in [0.3, 0.4) is 0 Å². The summed E-state index contributed by atoms with van der Waals surface area (Å²) in [5.74, 6) is -3.60. The molecule has 0 aromatic carbocycles. The fraction of sp³-hybridized carbons (Fsp3) is 0.907. The number of nitrogens with zero attached hydrogens (tertiary/aromatic N) is 2. The summed E-state index contributed by atoms with van der Waals surface area (Å²) in [6, 6.07) is -1.60. The van der Waals surface area contributed by atoms with Gasteiger partial charge in [0.05, 0.1) is 52.9 Å². The molecule has 21 atom stereocenters. The van der Waals surface area contributed by atoms with Crippen LogP contribution in [0.15, 0.2) is 0 Å². The fourth-order valence-electron chi connectivity index (χ4n) is 8.36. The van der Waals surface area contributed by atoms with Gasteiger partial charge in [0, 0.05) is 45.4 Å². The van der Waals surface area contributed by atoms with E-state index in [1.54, 1.807) is 0 Å². The molecule has 0 aliphatic carbocycles. The molecule has 4 heterocycles. The summed E-state index contributed by atoms with van der Waals surface area (Å²) < 4.78 is 43.9. The maximum absolute atomic E-state index is 14.6. The standard InChI is InChI=1S/C43H75N3O29/c47-15-20-27(55)31(59)35(63)40(72-20)68-11-7-45(8-12-69-41-36(64)32(60)28(56)21(16-48)73-41)25(52)6-5-19(44-24(51)3-1-2-4-26(53)54)39(67)46(9-13-70-42-37(65)33(61)29(57)22(17-49)74-42)10-14-71-43-38(66)34(62)30(58)23(18-50)75-43/h19-23,27-38,40-43,47-50,55-66H,1-18H2,(H,44,51)(H,53,54)/t19-,20+,21+,22+,23+,27+,28+,29+,30+,31-,32-,33-,34-,35-,36-,37-,38-,40-,41-,42-,43-/m0/s1. The highest BCUT2D eigenvalue weighted by Gasteiger charge is 2.47. The second-order valence-corrected chi connectivity index (χ2v) is 18.2. The number of hydrogen-bond acceptors (Lipinski definition) is 28. The van der Waals surface area contributed by atoms with Crippen LogP contribution in [-0.2, 0) is 57.1 Å². The average Bonchev–Trinajstić information content (AvgIpc) is 3.39. The molecule has 0 saturated carbocycles. The van der Waals surface area contributed by atoms with Gasteiger partial charge in [-0.3, -0.25) is 19.2 Å². The number of rotatable bonds is 30. The monoisotopic (exact) mass is 1100 g/mol. The van der Waals surface area contributed by atoms with Crippen molar-refractivity contribution in [3.05, 3.63) is 0 Å². The Morgan fingerprint density at radius 2 is 0.733 bits per heavy atom. The van der Waals surface area contributed by atoms with E-state index in [9.17, 15) is 101 Å². The third-order valence-electron chi connectivity index (χ3n) is 13.0. The van der Waals surface area contributed by atoms with E-state index in [1.807, 2.05) is 0 Å². The number of hydrogen-bond donors (Lipinski definition) is 18. The SMILES string of the molecule is O=C(O)CCCCC(=O)N[C@@H](CCC(=O)N(CCO[C@H]1O[C@H](CO)[C@@H](O)[C@H](O)[C@@H]1O)CCO[C@H]1O[C@H](CO)[C@@H](O)[C@H](O)[C@@H]1O)C(=O)N(CCO[C@H]1O[C@H](CO)[C@@H](O)[C@H](O)[C@@H]1O)CCO[C@H]1O[C@H](CO)[C@@H](O)[C@H](O)[C@@H]1O. The lowest BCUT2D eigenvalue weighted by Crippen LogP contribution is -2.59. The van der Waals surface area contributed by atoms with Gasteiger partial charge in [0.2, 0.25) is 17.7 Å². The van der Waals surface area contributed by atoms with Crippen LogP contribution in [0.1, 0.15) is 38.5 Å². The van der Waals surface area contributed by atoms with Crippen LogP contribution in [-0.4, -0.2) is 328 Å². The quantitative estimate of drug-likeness (QED) is 0.0297. The average molecular weight is 1100 g/mol. The number of aliphatic hydroxyl groups is 16. The van der Waals surface area contributed by atoms with E-state index in [-0.39, 0.29) is 38.8 Å². The number of aliphatic carboxylic acids is 1. The molecule has 4 saturated heterocycles. The minimum atomic E-state index is -1.85. The zero-order chi connectivity index (χ0) is 55.7. The van der Waals surface area contributed by atoms with Crippen molar-refractivity contribution in [2.75, 3.05) is 79.0 Å². The molecule has 0 aromatic heterocycles. The number of amides is 3. The smallest absolute Gasteiger partial charge is 0.303 e. The fourth-order valence-corrected chi connectivity index (χ4v) is 8.36. The summed E-state index contributed by atoms with van der Waals surface area (Å²) in [6.45, 7) is -6.82. The number of nitrogens with one attached hydrogen (secondary N) is 1. The number of carboxylic acids is 1. The number of ether oxygens (including phenoxy) is 8. The highest BCUT2D eigenvalue weighted by molar-refractivity contribution is 5.88. The van der Waals surface area contributed by atoms with Gasteiger partial charge < -0.3 is 140 Å². The summed E-state index contributed by atoms with van der Waals surface area (Å²) in [5.41, 5.74) is 0. The first-order chi connectivity index (χ1) is 35.6. The molecule has 4 fully saturated rings. The molecule has 4 rings (SSSR count). The van der Waals surface area contributed by atoms with Crippen LogP contribution < -0.4 is 5.32 Å². The van der Waals surface area contributed by atoms with Crippen molar-refractivity contribution in [2.24, 2.45) is 0 Å². The van der Waals surface area contributed by atoms with Crippen molar-refractivity contribution in [3.8, 4) is 0 Å². The summed E-state index contributed by atoms with van der Waals surface area (Å²) >= 11 is 0. The Bertz CT molecular complexity index is 1640. The predicted octanol–water partition coefficient (Wildman–Crippen LogP) is -11.2.